The molecule has 2 aliphatic rings. The normalized spacial score (nSPS) is 28.7. The van der Waals surface area contributed by atoms with Crippen molar-refractivity contribution in [3.8, 4) is 0 Å². The molecular formula is C25H38O2. The third-order valence-corrected chi connectivity index (χ3v) is 7.26. The van der Waals surface area contributed by atoms with E-state index in [1.165, 1.54) is 63.4 Å². The lowest BCUT2D eigenvalue weighted by molar-refractivity contribution is 0.0499. The summed E-state index contributed by atoms with van der Waals surface area (Å²) in [6, 6.07) is 8.24. The minimum atomic E-state index is -0.179. The molecule has 0 bridgehead atoms. The van der Waals surface area contributed by atoms with Gasteiger partial charge in [0.25, 0.3) is 0 Å². The van der Waals surface area contributed by atoms with Crippen LogP contribution in [0.15, 0.2) is 24.3 Å². The lowest BCUT2D eigenvalue weighted by Crippen LogP contribution is -2.25. The van der Waals surface area contributed by atoms with E-state index in [2.05, 4.69) is 26.0 Å². The molecule has 0 N–H and O–H groups in total. The van der Waals surface area contributed by atoms with Gasteiger partial charge < -0.3 is 4.74 Å². The lowest BCUT2D eigenvalue weighted by atomic mass is 9.68. The van der Waals surface area contributed by atoms with Gasteiger partial charge in [0, 0.05) is 0 Å². The highest BCUT2D eigenvalue weighted by Gasteiger charge is 2.30. The highest BCUT2D eigenvalue weighted by atomic mass is 16.5. The van der Waals surface area contributed by atoms with Crippen molar-refractivity contribution in [1.29, 1.82) is 0 Å². The average Bonchev–Trinajstić information content (AvgIpc) is 2.74. The van der Waals surface area contributed by atoms with E-state index in [0.717, 1.165) is 30.6 Å². The smallest absolute Gasteiger partial charge is 0.338 e. The van der Waals surface area contributed by atoms with Crippen molar-refractivity contribution in [2.24, 2.45) is 17.8 Å². The summed E-state index contributed by atoms with van der Waals surface area (Å²) in [6.45, 7) is 4.99. The van der Waals surface area contributed by atoms with Crippen LogP contribution in [0.25, 0.3) is 0 Å². The Morgan fingerprint density at radius 3 is 2.04 bits per heavy atom. The number of esters is 1. The number of hydrogen-bond acceptors (Lipinski definition) is 2. The van der Waals surface area contributed by atoms with E-state index in [9.17, 15) is 4.79 Å². The van der Waals surface area contributed by atoms with Gasteiger partial charge in [0.1, 0.15) is 0 Å². The number of benzene rings is 1. The van der Waals surface area contributed by atoms with Crippen molar-refractivity contribution in [2.45, 2.75) is 90.4 Å². The molecule has 0 unspecified atom stereocenters. The van der Waals surface area contributed by atoms with Crippen molar-refractivity contribution >= 4 is 5.97 Å². The van der Waals surface area contributed by atoms with Crippen molar-refractivity contribution < 1.29 is 9.53 Å². The van der Waals surface area contributed by atoms with Crippen molar-refractivity contribution in [3.05, 3.63) is 35.4 Å². The number of hydrogen-bond donors (Lipinski definition) is 0. The van der Waals surface area contributed by atoms with Crippen LogP contribution in [0.5, 0.6) is 0 Å². The van der Waals surface area contributed by atoms with Gasteiger partial charge in [0.05, 0.1) is 12.2 Å². The highest BCUT2D eigenvalue weighted by Crippen LogP contribution is 2.44. The van der Waals surface area contributed by atoms with E-state index in [4.69, 9.17) is 4.74 Å². The Morgan fingerprint density at radius 1 is 0.889 bits per heavy atom. The molecule has 150 valence electrons. The summed E-state index contributed by atoms with van der Waals surface area (Å²) in [7, 11) is 0. The predicted octanol–water partition coefficient (Wildman–Crippen LogP) is 7.13. The van der Waals surface area contributed by atoms with Crippen LogP contribution < -0.4 is 0 Å². The van der Waals surface area contributed by atoms with E-state index in [1.807, 2.05) is 12.1 Å². The average molecular weight is 371 g/mol. The van der Waals surface area contributed by atoms with Crippen LogP contribution in [-0.2, 0) is 4.74 Å². The first-order valence-corrected chi connectivity index (χ1v) is 11.5. The summed E-state index contributed by atoms with van der Waals surface area (Å²) in [4.78, 5) is 12.0. The maximum atomic E-state index is 12.0. The molecule has 27 heavy (non-hydrogen) atoms. The van der Waals surface area contributed by atoms with Gasteiger partial charge in [0.15, 0.2) is 0 Å². The van der Waals surface area contributed by atoms with Crippen molar-refractivity contribution in [2.75, 3.05) is 6.61 Å². The number of carbonyl (C=O) groups is 1. The molecule has 1 aromatic rings. The Bertz CT molecular complexity index is 560. The van der Waals surface area contributed by atoms with Gasteiger partial charge in [-0.3, -0.25) is 0 Å². The highest BCUT2D eigenvalue weighted by molar-refractivity contribution is 5.89. The van der Waals surface area contributed by atoms with Gasteiger partial charge in [-0.25, -0.2) is 4.79 Å². The number of rotatable bonds is 7. The molecule has 2 nitrogen and oxygen atoms in total. The molecule has 2 heteroatoms. The minimum absolute atomic E-state index is 0.179. The number of ether oxygens (including phenoxy) is 1. The Kier molecular flexibility index (Phi) is 7.79. The van der Waals surface area contributed by atoms with Crippen LogP contribution in [0, 0.1) is 17.8 Å². The SMILES string of the molecule is CCCCOC(=O)c1ccc([C@H]2CC[C@H]([C@H]3CC[C@H](CC)CC3)CC2)cc1. The largest absolute Gasteiger partial charge is 0.462 e. The maximum Gasteiger partial charge on any atom is 0.338 e. The van der Waals surface area contributed by atoms with Gasteiger partial charge in [-0.15, -0.1) is 0 Å². The van der Waals surface area contributed by atoms with E-state index >= 15 is 0 Å². The molecule has 0 amide bonds. The first kappa shape index (κ1) is 20.4. The summed E-state index contributed by atoms with van der Waals surface area (Å²) in [6.07, 6.45) is 14.7. The fourth-order valence-corrected chi connectivity index (χ4v) is 5.28. The van der Waals surface area contributed by atoms with Crippen LogP contribution in [0.4, 0.5) is 0 Å². The molecular weight excluding hydrogens is 332 g/mol. The predicted molar refractivity (Wildman–Crippen MR) is 112 cm³/mol. The molecule has 0 spiro atoms. The van der Waals surface area contributed by atoms with Gasteiger partial charge in [-0.05, 0) is 86.3 Å². The van der Waals surface area contributed by atoms with Crippen LogP contribution >= 0.6 is 0 Å². The molecule has 0 aliphatic heterocycles. The molecule has 0 saturated heterocycles. The molecule has 2 fully saturated rings. The first-order valence-electron chi connectivity index (χ1n) is 11.5. The van der Waals surface area contributed by atoms with Crippen molar-refractivity contribution in [3.63, 3.8) is 0 Å². The summed E-state index contributed by atoms with van der Waals surface area (Å²) >= 11 is 0. The fourth-order valence-electron chi connectivity index (χ4n) is 5.28. The zero-order valence-corrected chi connectivity index (χ0v) is 17.4. The molecule has 1 aromatic carbocycles. The van der Waals surface area contributed by atoms with Gasteiger partial charge >= 0.3 is 5.97 Å². The van der Waals surface area contributed by atoms with Crippen molar-refractivity contribution in [1.82, 2.24) is 0 Å². The standard InChI is InChI=1S/C25H38O2/c1-3-5-18-27-25(26)24-16-14-23(15-17-24)22-12-10-21(11-13-22)20-8-6-19(4-2)7-9-20/h14-17,19-22H,3-13,18H2,1-2H3/t19-,20-,21-,22-. The quantitative estimate of drug-likeness (QED) is 0.377. The molecule has 3 rings (SSSR count). The molecule has 2 saturated carbocycles. The van der Waals surface area contributed by atoms with Gasteiger partial charge in [-0.2, -0.15) is 0 Å². The van der Waals surface area contributed by atoms with Crippen LogP contribution in [0.3, 0.4) is 0 Å². The van der Waals surface area contributed by atoms with E-state index < -0.39 is 0 Å². The molecule has 2 aliphatic carbocycles. The first-order chi connectivity index (χ1) is 13.2. The zero-order chi connectivity index (χ0) is 19.1. The van der Waals surface area contributed by atoms with E-state index in [0.29, 0.717) is 18.1 Å². The molecule has 0 atom stereocenters. The van der Waals surface area contributed by atoms with Crippen LogP contribution in [-0.4, -0.2) is 12.6 Å². The lowest BCUT2D eigenvalue weighted by Gasteiger charge is -2.38. The Balaban J connectivity index is 1.46. The molecule has 0 radical (unpaired) electrons. The summed E-state index contributed by atoms with van der Waals surface area (Å²) in [5.41, 5.74) is 2.10. The van der Waals surface area contributed by atoms with E-state index in [-0.39, 0.29) is 5.97 Å². The summed E-state index contributed by atoms with van der Waals surface area (Å²) < 4.78 is 5.31. The summed E-state index contributed by atoms with van der Waals surface area (Å²) in [5, 5.41) is 0. The van der Waals surface area contributed by atoms with Crippen LogP contribution in [0.1, 0.15) is 106 Å². The van der Waals surface area contributed by atoms with Gasteiger partial charge in [0.2, 0.25) is 0 Å². The second-order valence-corrected chi connectivity index (χ2v) is 8.91. The second kappa shape index (κ2) is 10.3. The fraction of sp³-hybridized carbons (Fsp3) is 0.720. The maximum absolute atomic E-state index is 12.0. The minimum Gasteiger partial charge on any atom is -0.462 e. The third kappa shape index (κ3) is 5.59. The third-order valence-electron chi connectivity index (χ3n) is 7.26. The Labute approximate surface area is 166 Å². The van der Waals surface area contributed by atoms with Gasteiger partial charge in [-0.1, -0.05) is 51.7 Å². The van der Waals surface area contributed by atoms with Crippen LogP contribution in [0.2, 0.25) is 0 Å². The van der Waals surface area contributed by atoms with E-state index in [1.54, 1.807) is 0 Å². The Morgan fingerprint density at radius 2 is 1.48 bits per heavy atom. The monoisotopic (exact) mass is 370 g/mol. The number of carbonyl (C=O) groups excluding carboxylic acids is 1. The second-order valence-electron chi connectivity index (χ2n) is 8.91. The Hall–Kier alpha value is -1.31. The zero-order valence-electron chi connectivity index (χ0n) is 17.4. The molecule has 0 heterocycles. The molecule has 0 aromatic heterocycles. The number of unbranched alkanes of at least 4 members (excludes halogenated alkanes) is 1. The topological polar surface area (TPSA) is 26.3 Å². The summed E-state index contributed by atoms with van der Waals surface area (Å²) in [5.74, 6) is 3.46.